The highest BCUT2D eigenvalue weighted by Crippen LogP contribution is 2.21. The number of amides is 1. The van der Waals surface area contributed by atoms with Crippen LogP contribution >= 0.6 is 0 Å². The monoisotopic (exact) mass is 338 g/mol. The summed E-state index contributed by atoms with van der Waals surface area (Å²) < 4.78 is 24.9. The Morgan fingerprint density at radius 2 is 2.00 bits per heavy atom. The maximum absolute atomic E-state index is 12.4. The van der Waals surface area contributed by atoms with Crippen molar-refractivity contribution in [2.24, 2.45) is 5.92 Å². The molecule has 6 heteroatoms. The Kier molecular flexibility index (Phi) is 5.81. The molecule has 0 radical (unpaired) electrons. The fourth-order valence-electron chi connectivity index (χ4n) is 3.13. The molecule has 2 atom stereocenters. The van der Waals surface area contributed by atoms with Gasteiger partial charge in [0, 0.05) is 13.1 Å². The quantitative estimate of drug-likeness (QED) is 0.889. The molecule has 1 aromatic carbocycles. The van der Waals surface area contributed by atoms with E-state index in [0.717, 1.165) is 25.5 Å². The minimum atomic E-state index is -3.37. The van der Waals surface area contributed by atoms with Crippen molar-refractivity contribution in [2.45, 2.75) is 39.2 Å². The molecule has 1 amide bonds. The van der Waals surface area contributed by atoms with Gasteiger partial charge in [0.2, 0.25) is 15.9 Å². The van der Waals surface area contributed by atoms with Crippen molar-refractivity contribution in [3.63, 3.8) is 0 Å². The van der Waals surface area contributed by atoms with Crippen LogP contribution < -0.4 is 4.72 Å². The van der Waals surface area contributed by atoms with Crippen LogP contribution in [0.5, 0.6) is 0 Å². The zero-order valence-corrected chi connectivity index (χ0v) is 14.9. The average molecular weight is 338 g/mol. The molecule has 1 aromatic rings. The Morgan fingerprint density at radius 3 is 2.61 bits per heavy atom. The SMILES string of the molecule is Cc1ccc(C[C@H]2CCCN(C(=O)[C@@H](C)NS(C)(=O)=O)C2)cc1. The van der Waals surface area contributed by atoms with Crippen molar-refractivity contribution in [3.05, 3.63) is 35.4 Å². The molecule has 1 aliphatic rings. The summed E-state index contributed by atoms with van der Waals surface area (Å²) in [6, 6.07) is 7.80. The molecule has 0 saturated carbocycles. The van der Waals surface area contributed by atoms with Gasteiger partial charge in [-0.15, -0.1) is 0 Å². The van der Waals surface area contributed by atoms with E-state index in [1.54, 1.807) is 11.8 Å². The first-order valence-electron chi connectivity index (χ1n) is 8.06. The molecule has 0 aromatic heterocycles. The van der Waals surface area contributed by atoms with E-state index in [0.29, 0.717) is 19.0 Å². The van der Waals surface area contributed by atoms with E-state index in [1.807, 2.05) is 0 Å². The second-order valence-corrected chi connectivity index (χ2v) is 8.37. The number of rotatable bonds is 5. The van der Waals surface area contributed by atoms with Crippen LogP contribution in [0.3, 0.4) is 0 Å². The number of likely N-dealkylation sites (tertiary alicyclic amines) is 1. The minimum absolute atomic E-state index is 0.135. The van der Waals surface area contributed by atoms with E-state index in [-0.39, 0.29) is 5.91 Å². The van der Waals surface area contributed by atoms with Gasteiger partial charge in [-0.1, -0.05) is 29.8 Å². The smallest absolute Gasteiger partial charge is 0.240 e. The molecule has 2 rings (SSSR count). The second kappa shape index (κ2) is 7.45. The summed E-state index contributed by atoms with van der Waals surface area (Å²) in [5.74, 6) is 0.296. The molecule has 23 heavy (non-hydrogen) atoms. The van der Waals surface area contributed by atoms with Gasteiger partial charge < -0.3 is 4.90 Å². The van der Waals surface area contributed by atoms with Crippen molar-refractivity contribution in [3.8, 4) is 0 Å². The third-order valence-corrected chi connectivity index (χ3v) is 5.02. The topological polar surface area (TPSA) is 66.5 Å². The Hall–Kier alpha value is -1.40. The van der Waals surface area contributed by atoms with E-state index in [2.05, 4.69) is 35.9 Å². The molecular formula is C17H26N2O3S. The van der Waals surface area contributed by atoms with Crippen molar-refractivity contribution in [1.82, 2.24) is 9.62 Å². The van der Waals surface area contributed by atoms with Crippen LogP contribution in [-0.2, 0) is 21.2 Å². The third kappa shape index (κ3) is 5.62. The van der Waals surface area contributed by atoms with Crippen LogP contribution in [0.4, 0.5) is 0 Å². The van der Waals surface area contributed by atoms with Crippen LogP contribution in [0.15, 0.2) is 24.3 Å². The first-order chi connectivity index (χ1) is 10.7. The molecular weight excluding hydrogens is 312 g/mol. The number of sulfonamides is 1. The van der Waals surface area contributed by atoms with E-state index < -0.39 is 16.1 Å². The molecule has 1 saturated heterocycles. The maximum Gasteiger partial charge on any atom is 0.240 e. The van der Waals surface area contributed by atoms with Gasteiger partial charge in [0.25, 0.3) is 0 Å². The molecule has 1 aliphatic heterocycles. The van der Waals surface area contributed by atoms with Crippen LogP contribution in [0.25, 0.3) is 0 Å². The Labute approximate surface area is 139 Å². The van der Waals surface area contributed by atoms with Gasteiger partial charge in [0.05, 0.1) is 12.3 Å². The number of nitrogens with zero attached hydrogens (tertiary/aromatic N) is 1. The number of carbonyl (C=O) groups is 1. The lowest BCUT2D eigenvalue weighted by Crippen LogP contribution is -2.50. The first kappa shape index (κ1) is 17.9. The fraction of sp³-hybridized carbons (Fsp3) is 0.588. The first-order valence-corrected chi connectivity index (χ1v) is 9.95. The number of hydrogen-bond acceptors (Lipinski definition) is 3. The van der Waals surface area contributed by atoms with Gasteiger partial charge in [0.1, 0.15) is 0 Å². The van der Waals surface area contributed by atoms with Crippen molar-refractivity contribution >= 4 is 15.9 Å². The van der Waals surface area contributed by atoms with Gasteiger partial charge in [0.15, 0.2) is 0 Å². The second-order valence-electron chi connectivity index (χ2n) is 6.59. The van der Waals surface area contributed by atoms with Crippen molar-refractivity contribution in [1.29, 1.82) is 0 Å². The van der Waals surface area contributed by atoms with Crippen molar-refractivity contribution in [2.75, 3.05) is 19.3 Å². The predicted molar refractivity (Wildman–Crippen MR) is 91.6 cm³/mol. The van der Waals surface area contributed by atoms with E-state index in [4.69, 9.17) is 0 Å². The van der Waals surface area contributed by atoms with Crippen LogP contribution in [-0.4, -0.2) is 44.6 Å². The standard InChI is InChI=1S/C17H26N2O3S/c1-13-6-8-15(9-7-13)11-16-5-4-10-19(12-16)17(20)14(2)18-23(3,21)22/h6-9,14,16,18H,4-5,10-12H2,1-3H3/t14-,16-/m1/s1. The Morgan fingerprint density at radius 1 is 1.35 bits per heavy atom. The average Bonchev–Trinajstić information content (AvgIpc) is 2.47. The number of carbonyl (C=O) groups excluding carboxylic acids is 1. The maximum atomic E-state index is 12.4. The summed E-state index contributed by atoms with van der Waals surface area (Å²) in [4.78, 5) is 14.2. The van der Waals surface area contributed by atoms with Gasteiger partial charge in [-0.25, -0.2) is 13.1 Å². The predicted octanol–water partition coefficient (Wildman–Crippen LogP) is 1.71. The Bertz CT molecular complexity index is 640. The third-order valence-electron chi connectivity index (χ3n) is 4.24. The van der Waals surface area contributed by atoms with E-state index in [9.17, 15) is 13.2 Å². The number of nitrogens with one attached hydrogen (secondary N) is 1. The van der Waals surface area contributed by atoms with Gasteiger partial charge >= 0.3 is 0 Å². The van der Waals surface area contributed by atoms with Crippen molar-refractivity contribution < 1.29 is 13.2 Å². The summed E-state index contributed by atoms with van der Waals surface area (Å²) >= 11 is 0. The summed E-state index contributed by atoms with van der Waals surface area (Å²) in [5, 5.41) is 0. The lowest BCUT2D eigenvalue weighted by atomic mass is 9.91. The van der Waals surface area contributed by atoms with Gasteiger partial charge in [-0.2, -0.15) is 0 Å². The zero-order valence-electron chi connectivity index (χ0n) is 14.1. The molecule has 1 N–H and O–H groups in total. The van der Waals surface area contributed by atoms with E-state index in [1.165, 1.54) is 11.1 Å². The normalized spacial score (nSPS) is 20.3. The minimum Gasteiger partial charge on any atom is -0.341 e. The summed E-state index contributed by atoms with van der Waals surface area (Å²) in [6.45, 7) is 5.08. The molecule has 0 bridgehead atoms. The van der Waals surface area contributed by atoms with Crippen LogP contribution in [0.1, 0.15) is 30.9 Å². The highest BCUT2D eigenvalue weighted by Gasteiger charge is 2.28. The molecule has 128 valence electrons. The van der Waals surface area contributed by atoms with Crippen LogP contribution in [0, 0.1) is 12.8 Å². The number of hydrogen-bond donors (Lipinski definition) is 1. The molecule has 0 unspecified atom stereocenters. The Balaban J connectivity index is 1.94. The summed E-state index contributed by atoms with van der Waals surface area (Å²) in [6.07, 6.45) is 4.10. The van der Waals surface area contributed by atoms with Gasteiger partial charge in [-0.3, -0.25) is 4.79 Å². The highest BCUT2D eigenvalue weighted by atomic mass is 32.2. The largest absolute Gasteiger partial charge is 0.341 e. The summed E-state index contributed by atoms with van der Waals surface area (Å²) in [7, 11) is -3.37. The zero-order chi connectivity index (χ0) is 17.0. The molecule has 1 fully saturated rings. The molecule has 5 nitrogen and oxygen atoms in total. The number of benzene rings is 1. The fourth-order valence-corrected chi connectivity index (χ4v) is 3.88. The number of piperidine rings is 1. The van der Waals surface area contributed by atoms with E-state index >= 15 is 0 Å². The lowest BCUT2D eigenvalue weighted by molar-refractivity contribution is -0.134. The molecule has 0 spiro atoms. The molecule has 0 aliphatic carbocycles. The summed E-state index contributed by atoms with van der Waals surface area (Å²) in [5.41, 5.74) is 2.53. The van der Waals surface area contributed by atoms with Crippen LogP contribution in [0.2, 0.25) is 0 Å². The lowest BCUT2D eigenvalue weighted by Gasteiger charge is -2.34. The van der Waals surface area contributed by atoms with Gasteiger partial charge in [-0.05, 0) is 44.6 Å². The highest BCUT2D eigenvalue weighted by molar-refractivity contribution is 7.88. The molecule has 1 heterocycles. The number of aryl methyl sites for hydroxylation is 1.